The standard InChI is InChI=1S/C27H38N8O2/c1-19(37)22-14-21-16-29-26(32-24(21)25(30-22)35-7-6-27(2,3)18-35)31-23-5-4-20(15-28-23)17-34-10-8-33(9-11-34)12-13-36/h4-5,14-16,19,36-37H,6-13,17-18H2,1-3H3,(H,28,29,31,32). The number of hydrogen-bond acceptors (Lipinski definition) is 10. The van der Waals surface area contributed by atoms with Gasteiger partial charge in [0, 0.05) is 70.1 Å². The molecule has 0 aliphatic carbocycles. The average molecular weight is 507 g/mol. The molecule has 5 heterocycles. The van der Waals surface area contributed by atoms with E-state index in [1.807, 2.05) is 18.3 Å². The highest BCUT2D eigenvalue weighted by atomic mass is 16.3. The van der Waals surface area contributed by atoms with E-state index in [2.05, 4.69) is 49.9 Å². The third kappa shape index (κ3) is 6.15. The fourth-order valence-corrected chi connectivity index (χ4v) is 5.11. The molecule has 0 bridgehead atoms. The molecule has 0 saturated carbocycles. The van der Waals surface area contributed by atoms with E-state index < -0.39 is 6.10 Å². The number of rotatable bonds is 8. The van der Waals surface area contributed by atoms with Gasteiger partial charge in [0.1, 0.15) is 11.3 Å². The van der Waals surface area contributed by atoms with Gasteiger partial charge in [-0.1, -0.05) is 19.9 Å². The first kappa shape index (κ1) is 25.7. The Morgan fingerprint density at radius 1 is 1.03 bits per heavy atom. The quantitative estimate of drug-likeness (QED) is 0.421. The number of nitrogens with one attached hydrogen (secondary N) is 1. The Balaban J connectivity index is 1.30. The van der Waals surface area contributed by atoms with Crippen molar-refractivity contribution in [3.8, 4) is 0 Å². The number of nitrogens with zero attached hydrogens (tertiary/aromatic N) is 7. The van der Waals surface area contributed by atoms with Gasteiger partial charge in [-0.3, -0.25) is 9.80 Å². The van der Waals surface area contributed by atoms with Gasteiger partial charge in [-0.25, -0.2) is 19.9 Å². The molecule has 3 aromatic rings. The van der Waals surface area contributed by atoms with Gasteiger partial charge in [0.2, 0.25) is 5.95 Å². The van der Waals surface area contributed by atoms with Gasteiger partial charge in [0.15, 0.2) is 5.82 Å². The number of β-amino-alcohol motifs (C(OH)–C–C–N with tert-alkyl or cyclic N) is 1. The van der Waals surface area contributed by atoms with Crippen molar-refractivity contribution in [1.29, 1.82) is 0 Å². The van der Waals surface area contributed by atoms with Crippen LogP contribution in [0.15, 0.2) is 30.6 Å². The Hall–Kier alpha value is -2.92. The highest BCUT2D eigenvalue weighted by molar-refractivity contribution is 5.89. The lowest BCUT2D eigenvalue weighted by Crippen LogP contribution is -2.46. The third-order valence-electron chi connectivity index (χ3n) is 7.32. The highest BCUT2D eigenvalue weighted by Crippen LogP contribution is 2.35. The molecule has 2 fully saturated rings. The largest absolute Gasteiger partial charge is 0.395 e. The van der Waals surface area contributed by atoms with Gasteiger partial charge in [-0.05, 0) is 36.5 Å². The van der Waals surface area contributed by atoms with Crippen molar-refractivity contribution in [3.05, 3.63) is 41.9 Å². The van der Waals surface area contributed by atoms with Crippen LogP contribution in [0.5, 0.6) is 0 Å². The van der Waals surface area contributed by atoms with Crippen molar-refractivity contribution in [2.45, 2.75) is 39.8 Å². The van der Waals surface area contributed by atoms with E-state index in [4.69, 9.17) is 15.1 Å². The molecule has 2 aliphatic rings. The van der Waals surface area contributed by atoms with Gasteiger partial charge in [-0.15, -0.1) is 0 Å². The minimum Gasteiger partial charge on any atom is -0.395 e. The predicted octanol–water partition coefficient (Wildman–Crippen LogP) is 2.56. The third-order valence-corrected chi connectivity index (χ3v) is 7.32. The minimum atomic E-state index is -0.663. The van der Waals surface area contributed by atoms with Crippen LogP contribution in [0.4, 0.5) is 17.6 Å². The molecule has 5 rings (SSSR count). The molecule has 198 valence electrons. The molecular formula is C27H38N8O2. The maximum Gasteiger partial charge on any atom is 0.229 e. The number of aromatic nitrogens is 4. The lowest BCUT2D eigenvalue weighted by molar-refractivity contribution is 0.108. The van der Waals surface area contributed by atoms with Gasteiger partial charge in [0.25, 0.3) is 0 Å². The Bertz CT molecular complexity index is 1210. The molecule has 1 atom stereocenters. The number of aliphatic hydroxyl groups excluding tert-OH is 2. The summed E-state index contributed by atoms with van der Waals surface area (Å²) in [5, 5.41) is 23.4. The van der Waals surface area contributed by atoms with Crippen LogP contribution in [0.1, 0.15) is 44.6 Å². The number of piperazine rings is 1. The van der Waals surface area contributed by atoms with Crippen molar-refractivity contribution in [1.82, 2.24) is 29.7 Å². The first-order chi connectivity index (χ1) is 17.8. The zero-order valence-electron chi connectivity index (χ0n) is 22.1. The summed E-state index contributed by atoms with van der Waals surface area (Å²) in [6.45, 7) is 13.8. The lowest BCUT2D eigenvalue weighted by atomic mass is 9.93. The van der Waals surface area contributed by atoms with E-state index in [0.29, 0.717) is 17.5 Å². The maximum absolute atomic E-state index is 10.2. The molecule has 0 spiro atoms. The fourth-order valence-electron chi connectivity index (χ4n) is 5.11. The molecule has 37 heavy (non-hydrogen) atoms. The summed E-state index contributed by atoms with van der Waals surface area (Å²) in [5.74, 6) is 1.96. The zero-order valence-corrected chi connectivity index (χ0v) is 22.1. The molecule has 0 aromatic carbocycles. The van der Waals surface area contributed by atoms with Crippen molar-refractivity contribution in [2.75, 3.05) is 62.6 Å². The Morgan fingerprint density at radius 3 is 2.46 bits per heavy atom. The highest BCUT2D eigenvalue weighted by Gasteiger charge is 2.31. The molecule has 0 radical (unpaired) electrons. The number of anilines is 3. The number of pyridine rings is 2. The molecule has 10 heteroatoms. The molecule has 0 amide bonds. The molecular weight excluding hydrogens is 468 g/mol. The second kappa shape index (κ2) is 10.8. The summed E-state index contributed by atoms with van der Waals surface area (Å²) in [5.41, 5.74) is 2.77. The van der Waals surface area contributed by atoms with E-state index in [1.54, 1.807) is 13.1 Å². The van der Waals surface area contributed by atoms with Crippen LogP contribution in [-0.4, -0.2) is 92.4 Å². The molecule has 1 unspecified atom stereocenters. The normalized spacial score (nSPS) is 19.4. The first-order valence-corrected chi connectivity index (χ1v) is 13.2. The molecule has 3 aromatic heterocycles. The zero-order chi connectivity index (χ0) is 26.0. The summed E-state index contributed by atoms with van der Waals surface area (Å²) in [4.78, 5) is 25.7. The summed E-state index contributed by atoms with van der Waals surface area (Å²) in [7, 11) is 0. The van der Waals surface area contributed by atoms with Crippen LogP contribution in [-0.2, 0) is 6.54 Å². The van der Waals surface area contributed by atoms with Crippen LogP contribution in [0.25, 0.3) is 10.9 Å². The van der Waals surface area contributed by atoms with E-state index in [0.717, 1.165) is 81.1 Å². The topological polar surface area (TPSA) is 114 Å². The second-order valence-electron chi connectivity index (χ2n) is 11.0. The Kier molecular flexibility index (Phi) is 7.52. The Morgan fingerprint density at radius 2 is 1.81 bits per heavy atom. The molecule has 2 saturated heterocycles. The second-order valence-corrected chi connectivity index (χ2v) is 11.0. The number of aliphatic hydroxyl groups is 2. The summed E-state index contributed by atoms with van der Waals surface area (Å²) < 4.78 is 0. The SMILES string of the molecule is CC(O)c1cc2cnc(Nc3ccc(CN4CCN(CCO)CC4)cn3)nc2c(N2CCC(C)(C)C2)n1. The van der Waals surface area contributed by atoms with E-state index in [-0.39, 0.29) is 12.0 Å². The summed E-state index contributed by atoms with van der Waals surface area (Å²) in [6, 6.07) is 5.92. The first-order valence-electron chi connectivity index (χ1n) is 13.2. The van der Waals surface area contributed by atoms with Crippen LogP contribution in [0, 0.1) is 5.41 Å². The monoisotopic (exact) mass is 506 g/mol. The van der Waals surface area contributed by atoms with E-state index >= 15 is 0 Å². The summed E-state index contributed by atoms with van der Waals surface area (Å²) >= 11 is 0. The lowest BCUT2D eigenvalue weighted by Gasteiger charge is -2.34. The van der Waals surface area contributed by atoms with E-state index in [1.165, 1.54) is 0 Å². The average Bonchev–Trinajstić information content (AvgIpc) is 3.25. The predicted molar refractivity (Wildman–Crippen MR) is 145 cm³/mol. The van der Waals surface area contributed by atoms with Crippen LogP contribution < -0.4 is 10.2 Å². The van der Waals surface area contributed by atoms with Crippen molar-refractivity contribution < 1.29 is 10.2 Å². The van der Waals surface area contributed by atoms with Crippen LogP contribution >= 0.6 is 0 Å². The van der Waals surface area contributed by atoms with Crippen LogP contribution in [0.3, 0.4) is 0 Å². The molecule has 3 N–H and O–H groups in total. The number of fused-ring (bicyclic) bond motifs is 1. The van der Waals surface area contributed by atoms with Crippen molar-refractivity contribution >= 4 is 28.5 Å². The van der Waals surface area contributed by atoms with Crippen molar-refractivity contribution in [2.24, 2.45) is 5.41 Å². The van der Waals surface area contributed by atoms with Crippen molar-refractivity contribution in [3.63, 3.8) is 0 Å². The summed E-state index contributed by atoms with van der Waals surface area (Å²) in [6.07, 6.45) is 4.11. The Labute approximate surface area is 218 Å². The van der Waals surface area contributed by atoms with Crippen LogP contribution in [0.2, 0.25) is 0 Å². The fraction of sp³-hybridized carbons (Fsp3) is 0.556. The molecule has 10 nitrogen and oxygen atoms in total. The minimum absolute atomic E-state index is 0.210. The van der Waals surface area contributed by atoms with Gasteiger partial charge >= 0.3 is 0 Å². The van der Waals surface area contributed by atoms with Gasteiger partial charge < -0.3 is 20.4 Å². The smallest absolute Gasteiger partial charge is 0.229 e. The number of hydrogen-bond donors (Lipinski definition) is 3. The maximum atomic E-state index is 10.2. The van der Waals surface area contributed by atoms with E-state index in [9.17, 15) is 5.11 Å². The molecule has 2 aliphatic heterocycles. The van der Waals surface area contributed by atoms with Gasteiger partial charge in [-0.2, -0.15) is 0 Å². The van der Waals surface area contributed by atoms with Gasteiger partial charge in [0.05, 0.1) is 18.4 Å².